The topological polar surface area (TPSA) is 119 Å². The Labute approximate surface area is 199 Å². The maximum Gasteiger partial charge on any atom is 0.338 e. The van der Waals surface area contributed by atoms with Crippen molar-refractivity contribution in [1.82, 2.24) is 25.3 Å². The zero-order chi connectivity index (χ0) is 24.6. The Balaban J connectivity index is 1.19. The van der Waals surface area contributed by atoms with Crippen LogP contribution in [0.3, 0.4) is 0 Å². The van der Waals surface area contributed by atoms with Gasteiger partial charge in [-0.25, -0.2) is 18.3 Å². The molecule has 1 atom stereocenters. The zero-order valence-corrected chi connectivity index (χ0v) is 18.7. The molecule has 3 aromatic rings. The second kappa shape index (κ2) is 8.71. The molecule has 0 aliphatic heterocycles. The van der Waals surface area contributed by atoms with Crippen LogP contribution in [0, 0.1) is 11.3 Å². The van der Waals surface area contributed by atoms with Gasteiger partial charge in [-0.3, -0.25) is 9.78 Å². The number of amides is 1. The van der Waals surface area contributed by atoms with E-state index < -0.39 is 17.3 Å². The molecule has 0 saturated heterocycles. The van der Waals surface area contributed by atoms with Gasteiger partial charge >= 0.3 is 5.97 Å². The lowest BCUT2D eigenvalue weighted by molar-refractivity contribution is -0.276. The third-order valence-electron chi connectivity index (χ3n) is 7.07. The van der Waals surface area contributed by atoms with E-state index in [9.17, 15) is 23.5 Å². The van der Waals surface area contributed by atoms with Gasteiger partial charge in [0.2, 0.25) is 0 Å². The highest BCUT2D eigenvalue weighted by Crippen LogP contribution is 2.67. The van der Waals surface area contributed by atoms with Crippen LogP contribution in [0.25, 0.3) is 16.9 Å². The number of pyridine rings is 1. The molecule has 35 heavy (non-hydrogen) atoms. The monoisotopic (exact) mass is 483 g/mol. The minimum Gasteiger partial charge on any atom is -0.484 e. The van der Waals surface area contributed by atoms with Gasteiger partial charge in [-0.2, -0.15) is 0 Å². The second-order valence-electron chi connectivity index (χ2n) is 8.98. The van der Waals surface area contributed by atoms with Gasteiger partial charge in [-0.1, -0.05) is 23.8 Å². The standard InChI is InChI=1S/C24H23F2N5O4/c25-24(26)10-16(23(24)6-2-7-23)11-28-21(32)14-35-17-4-1-3-15(9-17)19-13-31(30-29-19)20-12-27-8-5-18(20)22(33)34/h1,3-5,8-9,12-13,16H,2,6-7,10-11,14H2,(H,28,32)(H,33,34). The summed E-state index contributed by atoms with van der Waals surface area (Å²) in [4.78, 5) is 27.6. The fourth-order valence-electron chi connectivity index (χ4n) is 4.92. The number of rotatable bonds is 8. The van der Waals surface area contributed by atoms with Crippen LogP contribution in [0.1, 0.15) is 36.0 Å². The third-order valence-corrected chi connectivity index (χ3v) is 7.07. The molecular weight excluding hydrogens is 460 g/mol. The molecule has 0 bridgehead atoms. The summed E-state index contributed by atoms with van der Waals surface area (Å²) in [5.41, 5.74) is 0.507. The first-order valence-corrected chi connectivity index (χ1v) is 11.3. The summed E-state index contributed by atoms with van der Waals surface area (Å²) in [6.45, 7) is -0.0164. The van der Waals surface area contributed by atoms with Crippen LogP contribution in [-0.4, -0.2) is 56.0 Å². The average molecular weight is 483 g/mol. The van der Waals surface area contributed by atoms with Crippen LogP contribution in [0.4, 0.5) is 8.78 Å². The molecule has 1 aromatic carbocycles. The first-order valence-electron chi connectivity index (χ1n) is 11.3. The van der Waals surface area contributed by atoms with Crippen molar-refractivity contribution in [2.75, 3.05) is 13.2 Å². The number of carbonyl (C=O) groups excluding carboxylic acids is 1. The Morgan fingerprint density at radius 3 is 2.80 bits per heavy atom. The van der Waals surface area contributed by atoms with Crippen molar-refractivity contribution in [2.45, 2.75) is 31.6 Å². The largest absolute Gasteiger partial charge is 0.484 e. The van der Waals surface area contributed by atoms with E-state index in [1.54, 1.807) is 30.5 Å². The predicted molar refractivity (Wildman–Crippen MR) is 119 cm³/mol. The molecule has 2 heterocycles. The van der Waals surface area contributed by atoms with Crippen LogP contribution < -0.4 is 10.1 Å². The quantitative estimate of drug-likeness (QED) is 0.504. The van der Waals surface area contributed by atoms with Gasteiger partial charge in [0.15, 0.2) is 6.61 Å². The predicted octanol–water partition coefficient (Wildman–Crippen LogP) is 3.35. The highest BCUT2D eigenvalue weighted by Gasteiger charge is 2.69. The zero-order valence-electron chi connectivity index (χ0n) is 18.7. The summed E-state index contributed by atoms with van der Waals surface area (Å²) in [5.74, 6) is -3.87. The summed E-state index contributed by atoms with van der Waals surface area (Å²) < 4.78 is 34.8. The lowest BCUT2D eigenvalue weighted by Crippen LogP contribution is -2.64. The first-order chi connectivity index (χ1) is 16.8. The van der Waals surface area contributed by atoms with Crippen LogP contribution in [-0.2, 0) is 4.79 Å². The van der Waals surface area contributed by atoms with Crippen LogP contribution in [0.2, 0.25) is 0 Å². The molecular formula is C24H23F2N5O4. The highest BCUT2D eigenvalue weighted by atomic mass is 19.3. The average Bonchev–Trinajstić information content (AvgIpc) is 3.29. The van der Waals surface area contributed by atoms with E-state index in [-0.39, 0.29) is 42.6 Å². The van der Waals surface area contributed by atoms with Gasteiger partial charge in [0, 0.05) is 30.1 Å². The fourth-order valence-corrected chi connectivity index (χ4v) is 4.92. The molecule has 9 nitrogen and oxygen atoms in total. The Morgan fingerprint density at radius 2 is 2.09 bits per heavy atom. The minimum absolute atomic E-state index is 0.0356. The highest BCUT2D eigenvalue weighted by molar-refractivity contribution is 5.91. The maximum absolute atomic E-state index is 13.9. The van der Waals surface area contributed by atoms with Crippen molar-refractivity contribution in [1.29, 1.82) is 0 Å². The number of nitrogens with zero attached hydrogens (tertiary/aromatic N) is 4. The Morgan fingerprint density at radius 1 is 1.26 bits per heavy atom. The number of nitrogens with one attached hydrogen (secondary N) is 1. The summed E-state index contributed by atoms with van der Waals surface area (Å²) in [6, 6.07) is 8.24. The van der Waals surface area contributed by atoms with Crippen LogP contribution >= 0.6 is 0 Å². The summed E-state index contributed by atoms with van der Waals surface area (Å²) in [6.07, 6.45) is 6.02. The molecule has 2 aliphatic rings. The number of ether oxygens (including phenoxy) is 1. The number of aromatic nitrogens is 4. The Kier molecular flexibility index (Phi) is 5.70. The summed E-state index contributed by atoms with van der Waals surface area (Å²) in [5, 5.41) is 20.2. The molecule has 2 fully saturated rings. The van der Waals surface area contributed by atoms with Gasteiger partial charge in [0.05, 0.1) is 23.6 Å². The lowest BCUT2D eigenvalue weighted by Gasteiger charge is -2.61. The number of carbonyl (C=O) groups is 2. The maximum atomic E-state index is 13.9. The Hall–Kier alpha value is -3.89. The van der Waals surface area contributed by atoms with Crippen LogP contribution in [0.15, 0.2) is 48.9 Å². The molecule has 182 valence electrons. The molecule has 1 unspecified atom stereocenters. The van der Waals surface area contributed by atoms with E-state index in [0.29, 0.717) is 29.8 Å². The number of benzene rings is 1. The van der Waals surface area contributed by atoms with E-state index >= 15 is 0 Å². The van der Waals surface area contributed by atoms with Gasteiger partial charge < -0.3 is 15.2 Å². The molecule has 11 heteroatoms. The van der Waals surface area contributed by atoms with Crippen molar-refractivity contribution >= 4 is 11.9 Å². The number of hydrogen-bond donors (Lipinski definition) is 2. The van der Waals surface area contributed by atoms with Gasteiger partial charge in [0.25, 0.3) is 11.8 Å². The fraction of sp³-hybridized carbons (Fsp3) is 0.375. The number of aromatic carboxylic acids is 1. The van der Waals surface area contributed by atoms with Crippen molar-refractivity contribution < 1.29 is 28.2 Å². The third kappa shape index (κ3) is 4.11. The van der Waals surface area contributed by atoms with Gasteiger partial charge in [0.1, 0.15) is 11.4 Å². The van der Waals surface area contributed by atoms with Crippen molar-refractivity contribution in [3.05, 3.63) is 54.5 Å². The number of hydrogen-bond acceptors (Lipinski definition) is 6. The molecule has 2 aromatic heterocycles. The first kappa shape index (κ1) is 22.9. The number of halogens is 2. The molecule has 2 N–H and O–H groups in total. The number of carboxylic acid groups (broad SMARTS) is 1. The molecule has 1 amide bonds. The molecule has 0 radical (unpaired) electrons. The van der Waals surface area contributed by atoms with E-state index in [4.69, 9.17) is 4.74 Å². The van der Waals surface area contributed by atoms with E-state index in [0.717, 1.165) is 6.42 Å². The number of carboxylic acids is 1. The molecule has 2 aliphatic carbocycles. The Bertz CT molecular complexity index is 1270. The van der Waals surface area contributed by atoms with Crippen molar-refractivity contribution in [3.63, 3.8) is 0 Å². The minimum atomic E-state index is -2.62. The van der Waals surface area contributed by atoms with Gasteiger partial charge in [-0.15, -0.1) is 5.10 Å². The van der Waals surface area contributed by atoms with Gasteiger partial charge in [-0.05, 0) is 37.0 Å². The SMILES string of the molecule is O=C(COc1cccc(-c2cn(-c3cnccc3C(=O)O)nn2)c1)NCC1CC(F)(F)C12CCC2. The van der Waals surface area contributed by atoms with E-state index in [1.807, 2.05) is 0 Å². The van der Waals surface area contributed by atoms with E-state index in [1.165, 1.54) is 23.1 Å². The number of alkyl halides is 2. The van der Waals surface area contributed by atoms with E-state index in [2.05, 4.69) is 20.6 Å². The van der Waals surface area contributed by atoms with Crippen molar-refractivity contribution in [2.24, 2.45) is 11.3 Å². The smallest absolute Gasteiger partial charge is 0.338 e. The normalized spacial score (nSPS) is 19.4. The molecule has 2 saturated carbocycles. The van der Waals surface area contributed by atoms with Crippen molar-refractivity contribution in [3.8, 4) is 22.7 Å². The molecule has 5 rings (SSSR count). The summed E-state index contributed by atoms with van der Waals surface area (Å²) >= 11 is 0. The summed E-state index contributed by atoms with van der Waals surface area (Å²) in [7, 11) is 0. The second-order valence-corrected chi connectivity index (χ2v) is 8.98. The lowest BCUT2D eigenvalue weighted by atomic mass is 9.47. The van der Waals surface area contributed by atoms with Crippen LogP contribution in [0.5, 0.6) is 5.75 Å². The molecule has 1 spiro atoms.